The molecule has 3 N–H and O–H groups in total. The molecule has 0 bridgehead atoms. The Bertz CT molecular complexity index is 1600. The van der Waals surface area contributed by atoms with Gasteiger partial charge < -0.3 is 15.5 Å². The Balaban J connectivity index is 1.55. The number of aryl methyl sites for hydroxylation is 1. The van der Waals surface area contributed by atoms with Crippen LogP contribution in [0, 0.1) is 5.92 Å². The van der Waals surface area contributed by atoms with Crippen LogP contribution in [-0.2, 0) is 29.8 Å². The van der Waals surface area contributed by atoms with Gasteiger partial charge in [-0.3, -0.25) is 9.59 Å². The first kappa shape index (κ1) is 25.5. The van der Waals surface area contributed by atoms with Gasteiger partial charge >= 0.3 is 0 Å². The largest absolute Gasteiger partial charge is 0.389 e. The van der Waals surface area contributed by atoms with Crippen molar-refractivity contribution in [2.45, 2.75) is 45.3 Å². The van der Waals surface area contributed by atoms with Crippen LogP contribution < -0.4 is 10.9 Å². The standard InChI is InChI=1S/C28H30N6O4/c1-4-12-33-26(37)21-15-29-27(32-25(21)34(33)24-7-5-6-23(31-24)28(2,3)38)30-20-11-10-17-8-9-18(22(36)16-35)13-19(17)14-20/h4-7,10-11,14-15,18,35,38H,1,8-9,12-13,16H2,2-3H3,(H,29,30,32). The Kier molecular flexibility index (Phi) is 6.68. The maximum absolute atomic E-state index is 13.2. The van der Waals surface area contributed by atoms with Crippen LogP contribution in [0.4, 0.5) is 11.6 Å². The number of carbonyl (C=O) groups excluding carboxylic acids is 1. The lowest BCUT2D eigenvalue weighted by Gasteiger charge is -2.23. The molecule has 1 aliphatic carbocycles. The van der Waals surface area contributed by atoms with Gasteiger partial charge in [0.25, 0.3) is 5.56 Å². The van der Waals surface area contributed by atoms with Gasteiger partial charge in [0.05, 0.1) is 12.2 Å². The topological polar surface area (TPSA) is 135 Å². The van der Waals surface area contributed by atoms with Crippen molar-refractivity contribution in [3.05, 3.63) is 82.4 Å². The molecule has 1 atom stereocenters. The minimum atomic E-state index is -1.17. The molecule has 0 saturated carbocycles. The maximum Gasteiger partial charge on any atom is 0.278 e. The number of hydrogen-bond acceptors (Lipinski definition) is 8. The summed E-state index contributed by atoms with van der Waals surface area (Å²) in [7, 11) is 0. The van der Waals surface area contributed by atoms with Crippen LogP contribution in [-0.4, -0.2) is 46.9 Å². The highest BCUT2D eigenvalue weighted by Crippen LogP contribution is 2.29. The number of nitrogens with zero attached hydrogens (tertiary/aromatic N) is 5. The molecule has 1 unspecified atom stereocenters. The highest BCUT2D eigenvalue weighted by atomic mass is 16.3. The van der Waals surface area contributed by atoms with E-state index in [1.165, 1.54) is 16.4 Å². The van der Waals surface area contributed by atoms with Crippen LogP contribution in [0.3, 0.4) is 0 Å². The zero-order chi connectivity index (χ0) is 27.0. The number of rotatable bonds is 8. The zero-order valence-electron chi connectivity index (χ0n) is 21.4. The molecule has 5 rings (SSSR count). The third-order valence-electron chi connectivity index (χ3n) is 6.86. The van der Waals surface area contributed by atoms with Crippen LogP contribution >= 0.6 is 0 Å². The summed E-state index contributed by atoms with van der Waals surface area (Å²) in [6.07, 6.45) is 5.20. The molecule has 0 aliphatic heterocycles. The van der Waals surface area contributed by atoms with E-state index >= 15 is 0 Å². The van der Waals surface area contributed by atoms with E-state index in [4.69, 9.17) is 0 Å². The number of aliphatic hydroxyl groups is 2. The van der Waals surface area contributed by atoms with Gasteiger partial charge in [0.2, 0.25) is 5.95 Å². The van der Waals surface area contributed by atoms with Crippen molar-refractivity contribution in [1.29, 1.82) is 0 Å². The van der Waals surface area contributed by atoms with Crippen molar-refractivity contribution in [2.75, 3.05) is 11.9 Å². The lowest BCUT2D eigenvalue weighted by Crippen LogP contribution is -2.25. The SMILES string of the molecule is C=CCn1c(=O)c2cnc(Nc3ccc4c(c3)CC(C(=O)CO)CC4)nc2n1-c1cccc(C(C)(C)O)n1. The van der Waals surface area contributed by atoms with Gasteiger partial charge in [0, 0.05) is 17.8 Å². The van der Waals surface area contributed by atoms with Crippen molar-refractivity contribution in [3.63, 3.8) is 0 Å². The molecule has 1 aliphatic rings. The lowest BCUT2D eigenvalue weighted by molar-refractivity contribution is -0.125. The first-order chi connectivity index (χ1) is 18.2. The van der Waals surface area contributed by atoms with Crippen molar-refractivity contribution in [3.8, 4) is 5.82 Å². The van der Waals surface area contributed by atoms with Gasteiger partial charge in [-0.15, -0.1) is 6.58 Å². The molecule has 0 radical (unpaired) electrons. The molecule has 0 saturated heterocycles. The number of benzene rings is 1. The van der Waals surface area contributed by atoms with Gasteiger partial charge in [-0.05, 0) is 68.5 Å². The first-order valence-electron chi connectivity index (χ1n) is 12.5. The Morgan fingerprint density at radius 1 is 1.24 bits per heavy atom. The summed E-state index contributed by atoms with van der Waals surface area (Å²) in [6, 6.07) is 11.2. The summed E-state index contributed by atoms with van der Waals surface area (Å²) < 4.78 is 3.09. The summed E-state index contributed by atoms with van der Waals surface area (Å²) in [5.41, 5.74) is 2.35. The van der Waals surface area contributed by atoms with E-state index in [1.54, 1.807) is 42.8 Å². The fraction of sp³-hybridized carbons (Fsp3) is 0.321. The molecule has 38 heavy (non-hydrogen) atoms. The molecule has 10 heteroatoms. The third-order valence-corrected chi connectivity index (χ3v) is 6.86. The molecule has 4 aromatic rings. The predicted molar refractivity (Wildman–Crippen MR) is 144 cm³/mol. The fourth-order valence-corrected chi connectivity index (χ4v) is 4.86. The molecule has 10 nitrogen and oxygen atoms in total. The highest BCUT2D eigenvalue weighted by molar-refractivity contribution is 5.82. The number of pyridine rings is 1. The number of aromatic nitrogens is 5. The highest BCUT2D eigenvalue weighted by Gasteiger charge is 2.25. The van der Waals surface area contributed by atoms with Crippen LogP contribution in [0.5, 0.6) is 0 Å². The summed E-state index contributed by atoms with van der Waals surface area (Å²) in [5.74, 6) is 0.407. The van der Waals surface area contributed by atoms with Gasteiger partial charge in [0.1, 0.15) is 17.6 Å². The van der Waals surface area contributed by atoms with Crippen LogP contribution in [0.25, 0.3) is 16.9 Å². The third kappa shape index (κ3) is 4.75. The van der Waals surface area contributed by atoms with E-state index in [9.17, 15) is 19.8 Å². The molecular weight excluding hydrogens is 484 g/mol. The van der Waals surface area contributed by atoms with Crippen molar-refractivity contribution < 1.29 is 15.0 Å². The van der Waals surface area contributed by atoms with E-state index < -0.39 is 12.2 Å². The minimum Gasteiger partial charge on any atom is -0.389 e. The van der Waals surface area contributed by atoms with E-state index in [-0.39, 0.29) is 23.8 Å². The predicted octanol–water partition coefficient (Wildman–Crippen LogP) is 2.80. The molecular formula is C28H30N6O4. The Hall–Kier alpha value is -4.15. The van der Waals surface area contributed by atoms with Crippen molar-refractivity contribution >= 4 is 28.5 Å². The van der Waals surface area contributed by atoms with Gasteiger partial charge in [-0.25, -0.2) is 19.3 Å². The number of carbonyl (C=O) groups is 1. The summed E-state index contributed by atoms with van der Waals surface area (Å²) in [4.78, 5) is 38.9. The average Bonchev–Trinajstić information content (AvgIpc) is 3.18. The number of hydrogen-bond donors (Lipinski definition) is 3. The van der Waals surface area contributed by atoms with Crippen LogP contribution in [0.1, 0.15) is 37.1 Å². The minimum absolute atomic E-state index is 0.132. The summed E-state index contributed by atoms with van der Waals surface area (Å²) in [6.45, 7) is 6.86. The number of ketones is 1. The molecule has 3 heterocycles. The van der Waals surface area contributed by atoms with Crippen molar-refractivity contribution in [2.24, 2.45) is 5.92 Å². The average molecular weight is 515 g/mol. The summed E-state index contributed by atoms with van der Waals surface area (Å²) in [5, 5.41) is 23.3. The van der Waals surface area contributed by atoms with Gasteiger partial charge in [-0.1, -0.05) is 18.2 Å². The fourth-order valence-electron chi connectivity index (χ4n) is 4.86. The number of Topliss-reactive ketones (excluding diaryl/α,β-unsaturated/α-hetero) is 1. The molecule has 0 amide bonds. The number of anilines is 2. The lowest BCUT2D eigenvalue weighted by atomic mass is 9.81. The normalized spacial score (nSPS) is 15.3. The molecule has 0 spiro atoms. The Labute approximate surface area is 219 Å². The quantitative estimate of drug-likeness (QED) is 0.306. The maximum atomic E-state index is 13.2. The second kappa shape index (κ2) is 9.96. The Morgan fingerprint density at radius 3 is 2.79 bits per heavy atom. The number of nitrogens with one attached hydrogen (secondary N) is 1. The van der Waals surface area contributed by atoms with E-state index in [2.05, 4.69) is 26.8 Å². The molecule has 0 fully saturated rings. The van der Waals surface area contributed by atoms with Crippen LogP contribution in [0.15, 0.2) is 60.0 Å². The van der Waals surface area contributed by atoms with E-state index in [0.717, 1.165) is 24.1 Å². The number of fused-ring (bicyclic) bond motifs is 2. The number of aliphatic hydroxyl groups excluding tert-OH is 1. The van der Waals surface area contributed by atoms with Crippen molar-refractivity contribution in [1.82, 2.24) is 24.3 Å². The Morgan fingerprint density at radius 2 is 2.05 bits per heavy atom. The second-order valence-electron chi connectivity index (χ2n) is 10.0. The molecule has 196 valence electrons. The number of allylic oxidation sites excluding steroid dienone is 1. The van der Waals surface area contributed by atoms with Crippen LogP contribution in [0.2, 0.25) is 0 Å². The van der Waals surface area contributed by atoms with Gasteiger partial charge in [-0.2, -0.15) is 4.98 Å². The van der Waals surface area contributed by atoms with Gasteiger partial charge in [0.15, 0.2) is 17.2 Å². The zero-order valence-corrected chi connectivity index (χ0v) is 21.4. The monoisotopic (exact) mass is 514 g/mol. The first-order valence-corrected chi connectivity index (χ1v) is 12.5. The van der Waals surface area contributed by atoms with E-state index in [1.807, 2.05) is 18.2 Å². The molecule has 3 aromatic heterocycles. The smallest absolute Gasteiger partial charge is 0.278 e. The van der Waals surface area contributed by atoms with E-state index in [0.29, 0.717) is 34.9 Å². The molecule has 1 aromatic carbocycles. The second-order valence-corrected chi connectivity index (χ2v) is 10.0. The summed E-state index contributed by atoms with van der Waals surface area (Å²) >= 11 is 0.